The molecule has 1 atom stereocenters. The van der Waals surface area contributed by atoms with Gasteiger partial charge in [-0.3, -0.25) is 10.2 Å². The molecule has 1 amide bonds. The first-order valence-corrected chi connectivity index (χ1v) is 5.75. The summed E-state index contributed by atoms with van der Waals surface area (Å²) in [7, 11) is 0. The van der Waals surface area contributed by atoms with Gasteiger partial charge < -0.3 is 4.74 Å². The molecule has 5 heteroatoms. The molecule has 4 nitrogen and oxygen atoms in total. The molecule has 1 heterocycles. The van der Waals surface area contributed by atoms with Gasteiger partial charge in [0.25, 0.3) is 5.91 Å². The molecule has 0 aliphatic rings. The number of amides is 1. The molecule has 0 bridgehead atoms. The van der Waals surface area contributed by atoms with Crippen molar-refractivity contribution in [3.63, 3.8) is 0 Å². The standard InChI is InChI=1S/C10H16N2O2S/c1-3-7(2)14-6-8-4-5-15-9(8)10(13)12-11/h4-5,7H,3,6,11H2,1-2H3,(H,12,13). The highest BCUT2D eigenvalue weighted by Crippen LogP contribution is 2.18. The molecule has 0 aliphatic carbocycles. The van der Waals surface area contributed by atoms with Crippen LogP contribution < -0.4 is 11.3 Å². The van der Waals surface area contributed by atoms with Gasteiger partial charge in [-0.1, -0.05) is 6.92 Å². The Kier molecular flexibility index (Phi) is 4.74. The molecule has 0 fully saturated rings. The lowest BCUT2D eigenvalue weighted by molar-refractivity contribution is 0.0504. The van der Waals surface area contributed by atoms with Gasteiger partial charge in [0.1, 0.15) is 0 Å². The van der Waals surface area contributed by atoms with Crippen LogP contribution in [0.15, 0.2) is 11.4 Å². The zero-order chi connectivity index (χ0) is 11.3. The molecule has 0 saturated carbocycles. The molecule has 1 aromatic heterocycles. The Morgan fingerprint density at radius 3 is 3.07 bits per heavy atom. The highest BCUT2D eigenvalue weighted by molar-refractivity contribution is 7.12. The lowest BCUT2D eigenvalue weighted by Gasteiger charge is -2.10. The van der Waals surface area contributed by atoms with E-state index in [1.54, 1.807) is 0 Å². The van der Waals surface area contributed by atoms with E-state index in [1.807, 2.05) is 18.4 Å². The van der Waals surface area contributed by atoms with Crippen LogP contribution >= 0.6 is 11.3 Å². The molecule has 3 N–H and O–H groups in total. The van der Waals surface area contributed by atoms with Crippen LogP contribution in [0.5, 0.6) is 0 Å². The number of ether oxygens (including phenoxy) is 1. The third-order valence-corrected chi connectivity index (χ3v) is 3.14. The maximum atomic E-state index is 11.3. The van der Waals surface area contributed by atoms with Crippen molar-refractivity contribution in [2.45, 2.75) is 33.0 Å². The molecule has 0 radical (unpaired) electrons. The second-order valence-electron chi connectivity index (χ2n) is 3.28. The van der Waals surface area contributed by atoms with Crippen molar-refractivity contribution in [3.8, 4) is 0 Å². The summed E-state index contributed by atoms with van der Waals surface area (Å²) in [6.07, 6.45) is 1.17. The van der Waals surface area contributed by atoms with E-state index in [0.29, 0.717) is 11.5 Å². The largest absolute Gasteiger partial charge is 0.374 e. The van der Waals surface area contributed by atoms with Gasteiger partial charge in [0.05, 0.1) is 17.6 Å². The summed E-state index contributed by atoms with van der Waals surface area (Å²) < 4.78 is 5.56. The number of nitrogen functional groups attached to an aromatic ring is 1. The monoisotopic (exact) mass is 228 g/mol. The zero-order valence-corrected chi connectivity index (χ0v) is 9.76. The molecule has 0 aliphatic heterocycles. The quantitative estimate of drug-likeness (QED) is 0.458. The number of nitrogens with two attached hydrogens (primary N) is 1. The highest BCUT2D eigenvalue weighted by atomic mass is 32.1. The van der Waals surface area contributed by atoms with Crippen molar-refractivity contribution in [2.24, 2.45) is 5.84 Å². The number of nitrogens with one attached hydrogen (secondary N) is 1. The summed E-state index contributed by atoms with van der Waals surface area (Å²) in [5.74, 6) is 4.82. The highest BCUT2D eigenvalue weighted by Gasteiger charge is 2.12. The summed E-state index contributed by atoms with van der Waals surface area (Å²) in [5, 5.41) is 1.86. The topological polar surface area (TPSA) is 64.3 Å². The van der Waals surface area contributed by atoms with Crippen molar-refractivity contribution in [3.05, 3.63) is 21.9 Å². The predicted octanol–water partition coefficient (Wildman–Crippen LogP) is 1.67. The Labute approximate surface area is 93.4 Å². The van der Waals surface area contributed by atoms with Crippen LogP contribution in [0.25, 0.3) is 0 Å². The van der Waals surface area contributed by atoms with Crippen molar-refractivity contribution < 1.29 is 9.53 Å². The van der Waals surface area contributed by atoms with Crippen molar-refractivity contribution in [1.29, 1.82) is 0 Å². The zero-order valence-electron chi connectivity index (χ0n) is 8.95. The summed E-state index contributed by atoms with van der Waals surface area (Å²) >= 11 is 1.37. The fraction of sp³-hybridized carbons (Fsp3) is 0.500. The van der Waals surface area contributed by atoms with Crippen LogP contribution in [0.3, 0.4) is 0 Å². The molecular weight excluding hydrogens is 212 g/mol. The number of hydrazine groups is 1. The Morgan fingerprint density at radius 1 is 1.73 bits per heavy atom. The lowest BCUT2D eigenvalue weighted by Crippen LogP contribution is -2.30. The molecule has 1 rings (SSSR count). The van der Waals surface area contributed by atoms with Crippen LogP contribution in [0, 0.1) is 0 Å². The first-order valence-electron chi connectivity index (χ1n) is 4.88. The maximum Gasteiger partial charge on any atom is 0.275 e. The molecule has 1 unspecified atom stereocenters. The average molecular weight is 228 g/mol. The Bertz CT molecular complexity index is 325. The SMILES string of the molecule is CCC(C)OCc1ccsc1C(=O)NN. The van der Waals surface area contributed by atoms with Gasteiger partial charge in [-0.2, -0.15) is 0 Å². The fourth-order valence-electron chi connectivity index (χ4n) is 1.06. The maximum absolute atomic E-state index is 11.3. The van der Waals surface area contributed by atoms with Gasteiger partial charge >= 0.3 is 0 Å². The van der Waals surface area contributed by atoms with E-state index in [9.17, 15) is 4.79 Å². The smallest absolute Gasteiger partial charge is 0.275 e. The summed E-state index contributed by atoms with van der Waals surface area (Å²) in [5.41, 5.74) is 3.02. The minimum absolute atomic E-state index is 0.207. The summed E-state index contributed by atoms with van der Waals surface area (Å²) in [6, 6.07) is 1.89. The molecule has 0 aromatic carbocycles. The second-order valence-corrected chi connectivity index (χ2v) is 4.19. The summed E-state index contributed by atoms with van der Waals surface area (Å²) in [4.78, 5) is 12.0. The third-order valence-electron chi connectivity index (χ3n) is 2.18. The van der Waals surface area contributed by atoms with Crippen LogP contribution in [0.1, 0.15) is 35.5 Å². The predicted molar refractivity (Wildman–Crippen MR) is 60.5 cm³/mol. The van der Waals surface area contributed by atoms with E-state index in [2.05, 4.69) is 12.3 Å². The van der Waals surface area contributed by atoms with Gasteiger partial charge in [0.2, 0.25) is 0 Å². The lowest BCUT2D eigenvalue weighted by atomic mass is 10.2. The van der Waals surface area contributed by atoms with Gasteiger partial charge in [0.15, 0.2) is 0 Å². The van der Waals surface area contributed by atoms with Gasteiger partial charge in [-0.25, -0.2) is 5.84 Å². The number of hydrogen-bond donors (Lipinski definition) is 2. The summed E-state index contributed by atoms with van der Waals surface area (Å²) in [6.45, 7) is 4.53. The first-order chi connectivity index (χ1) is 7.19. The van der Waals surface area contributed by atoms with E-state index in [0.717, 1.165) is 12.0 Å². The number of rotatable bonds is 5. The molecule has 1 aromatic rings. The van der Waals surface area contributed by atoms with Gasteiger partial charge in [-0.15, -0.1) is 11.3 Å². The minimum atomic E-state index is -0.257. The van der Waals surface area contributed by atoms with Crippen LogP contribution in [-0.4, -0.2) is 12.0 Å². The second kappa shape index (κ2) is 5.85. The normalized spacial score (nSPS) is 12.5. The van der Waals surface area contributed by atoms with Gasteiger partial charge in [0, 0.05) is 5.56 Å². The Balaban J connectivity index is 2.61. The van der Waals surface area contributed by atoms with Crippen molar-refractivity contribution in [1.82, 2.24) is 5.43 Å². The number of hydrogen-bond acceptors (Lipinski definition) is 4. The van der Waals surface area contributed by atoms with Crippen LogP contribution in [0.2, 0.25) is 0 Å². The molecule has 0 spiro atoms. The Morgan fingerprint density at radius 2 is 2.47 bits per heavy atom. The van der Waals surface area contributed by atoms with Crippen LogP contribution in [0.4, 0.5) is 0 Å². The Hall–Kier alpha value is -0.910. The molecule has 84 valence electrons. The number of thiophene rings is 1. The molecular formula is C10H16N2O2S. The third kappa shape index (κ3) is 3.30. The van der Waals surface area contributed by atoms with Crippen LogP contribution in [-0.2, 0) is 11.3 Å². The first kappa shape index (κ1) is 12.2. The number of carbonyl (C=O) groups is 1. The fourth-order valence-corrected chi connectivity index (χ4v) is 1.88. The average Bonchev–Trinajstić information content (AvgIpc) is 2.72. The minimum Gasteiger partial charge on any atom is -0.374 e. The van der Waals surface area contributed by atoms with Crippen molar-refractivity contribution in [2.75, 3.05) is 0 Å². The molecule has 15 heavy (non-hydrogen) atoms. The van der Waals surface area contributed by atoms with E-state index >= 15 is 0 Å². The van der Waals surface area contributed by atoms with E-state index in [-0.39, 0.29) is 12.0 Å². The van der Waals surface area contributed by atoms with E-state index < -0.39 is 0 Å². The number of carbonyl (C=O) groups excluding carboxylic acids is 1. The van der Waals surface area contributed by atoms with Gasteiger partial charge in [-0.05, 0) is 24.8 Å². The van der Waals surface area contributed by atoms with E-state index in [1.165, 1.54) is 11.3 Å². The van der Waals surface area contributed by atoms with E-state index in [4.69, 9.17) is 10.6 Å². The van der Waals surface area contributed by atoms with Crippen molar-refractivity contribution >= 4 is 17.2 Å². The molecule has 0 saturated heterocycles.